The van der Waals surface area contributed by atoms with Crippen molar-refractivity contribution in [2.75, 3.05) is 12.3 Å². The van der Waals surface area contributed by atoms with Crippen LogP contribution in [0.3, 0.4) is 0 Å². The molecule has 0 aliphatic heterocycles. The highest BCUT2D eigenvalue weighted by Gasteiger charge is 2.10. The van der Waals surface area contributed by atoms with Gasteiger partial charge in [-0.25, -0.2) is 4.39 Å². The lowest BCUT2D eigenvalue weighted by Gasteiger charge is -2.17. The summed E-state index contributed by atoms with van der Waals surface area (Å²) in [4.78, 5) is 1.11. The van der Waals surface area contributed by atoms with E-state index in [0.717, 1.165) is 30.0 Å². The van der Waals surface area contributed by atoms with Gasteiger partial charge in [0.25, 0.3) is 0 Å². The molecule has 1 unspecified atom stereocenters. The molecule has 0 fully saturated rings. The highest BCUT2D eigenvalue weighted by molar-refractivity contribution is 7.99. The van der Waals surface area contributed by atoms with Crippen molar-refractivity contribution in [1.82, 2.24) is 15.1 Å². The van der Waals surface area contributed by atoms with Crippen molar-refractivity contribution >= 4 is 11.8 Å². The molecule has 21 heavy (non-hydrogen) atoms. The van der Waals surface area contributed by atoms with Crippen LogP contribution in [0.5, 0.6) is 0 Å². The summed E-state index contributed by atoms with van der Waals surface area (Å²) < 4.78 is 14.8. The van der Waals surface area contributed by atoms with Crippen LogP contribution in [0.4, 0.5) is 4.39 Å². The van der Waals surface area contributed by atoms with Crippen molar-refractivity contribution in [3.8, 4) is 0 Å². The lowest BCUT2D eigenvalue weighted by atomic mass is 10.1. The molecule has 1 aromatic carbocycles. The Labute approximate surface area is 129 Å². The first-order valence-electron chi connectivity index (χ1n) is 7.27. The summed E-state index contributed by atoms with van der Waals surface area (Å²) in [6.07, 6.45) is 3.92. The van der Waals surface area contributed by atoms with Gasteiger partial charge in [0.15, 0.2) is 0 Å². The molecule has 2 aromatic rings. The van der Waals surface area contributed by atoms with E-state index in [-0.39, 0.29) is 5.82 Å². The summed E-state index contributed by atoms with van der Waals surface area (Å²) in [6.45, 7) is 3.08. The van der Waals surface area contributed by atoms with Gasteiger partial charge in [-0.05, 0) is 49.7 Å². The van der Waals surface area contributed by atoms with E-state index in [4.69, 9.17) is 0 Å². The van der Waals surface area contributed by atoms with Crippen molar-refractivity contribution < 1.29 is 4.39 Å². The van der Waals surface area contributed by atoms with Gasteiger partial charge in [-0.3, -0.25) is 4.68 Å². The van der Waals surface area contributed by atoms with E-state index >= 15 is 0 Å². The standard InChI is InChI=1S/C16H22FN3S/c1-3-18-14(6-7-15-10-11-19-20(15)2)12-21-16-8-4-13(17)5-9-16/h4-5,8-11,14,18H,3,6-7,12H2,1-2H3. The van der Waals surface area contributed by atoms with E-state index in [1.165, 1.54) is 17.8 Å². The molecule has 0 aliphatic rings. The predicted molar refractivity (Wildman–Crippen MR) is 86.1 cm³/mol. The first kappa shape index (κ1) is 16.0. The Morgan fingerprint density at radius 2 is 2.05 bits per heavy atom. The zero-order chi connectivity index (χ0) is 15.1. The maximum atomic E-state index is 12.9. The molecular formula is C16H22FN3S. The van der Waals surface area contributed by atoms with Crippen LogP contribution in [0.25, 0.3) is 0 Å². The molecule has 0 radical (unpaired) electrons. The van der Waals surface area contributed by atoms with Crippen LogP contribution < -0.4 is 5.32 Å². The predicted octanol–water partition coefficient (Wildman–Crippen LogP) is 3.26. The zero-order valence-electron chi connectivity index (χ0n) is 12.6. The second kappa shape index (κ2) is 8.20. The zero-order valence-corrected chi connectivity index (χ0v) is 13.4. The maximum absolute atomic E-state index is 12.9. The topological polar surface area (TPSA) is 29.9 Å². The van der Waals surface area contributed by atoms with Crippen molar-refractivity contribution in [2.24, 2.45) is 7.05 Å². The Morgan fingerprint density at radius 3 is 2.67 bits per heavy atom. The van der Waals surface area contributed by atoms with Crippen LogP contribution in [-0.2, 0) is 13.5 Å². The van der Waals surface area contributed by atoms with Gasteiger partial charge >= 0.3 is 0 Å². The summed E-state index contributed by atoms with van der Waals surface area (Å²) in [5, 5.41) is 7.72. The van der Waals surface area contributed by atoms with E-state index in [0.29, 0.717) is 6.04 Å². The van der Waals surface area contributed by atoms with Crippen molar-refractivity contribution in [2.45, 2.75) is 30.7 Å². The smallest absolute Gasteiger partial charge is 0.123 e. The summed E-state index contributed by atoms with van der Waals surface area (Å²) in [5.74, 6) is 0.802. The third kappa shape index (κ3) is 5.17. The number of aryl methyl sites for hydroxylation is 2. The van der Waals surface area contributed by atoms with Gasteiger partial charge in [-0.1, -0.05) is 6.92 Å². The lowest BCUT2D eigenvalue weighted by Crippen LogP contribution is -2.31. The first-order valence-corrected chi connectivity index (χ1v) is 8.26. The van der Waals surface area contributed by atoms with E-state index in [1.54, 1.807) is 11.8 Å². The largest absolute Gasteiger partial charge is 0.313 e. The molecule has 2 rings (SSSR count). The number of halogens is 1. The van der Waals surface area contributed by atoms with Crippen LogP contribution in [0.15, 0.2) is 41.4 Å². The molecule has 0 aliphatic carbocycles. The van der Waals surface area contributed by atoms with E-state index in [1.807, 2.05) is 30.1 Å². The van der Waals surface area contributed by atoms with Crippen LogP contribution >= 0.6 is 11.8 Å². The molecule has 1 N–H and O–H groups in total. The van der Waals surface area contributed by atoms with Crippen molar-refractivity contribution in [3.63, 3.8) is 0 Å². The van der Waals surface area contributed by atoms with Gasteiger partial charge in [0.05, 0.1) is 0 Å². The number of nitrogens with one attached hydrogen (secondary N) is 1. The van der Waals surface area contributed by atoms with E-state index < -0.39 is 0 Å². The van der Waals surface area contributed by atoms with Gasteiger partial charge in [-0.15, -0.1) is 11.8 Å². The Hall–Kier alpha value is -1.33. The number of hydrogen-bond acceptors (Lipinski definition) is 3. The van der Waals surface area contributed by atoms with E-state index in [2.05, 4.69) is 23.4 Å². The van der Waals surface area contributed by atoms with Gasteiger partial charge in [0.2, 0.25) is 0 Å². The summed E-state index contributed by atoms with van der Waals surface area (Å²) in [6, 6.07) is 9.21. The number of hydrogen-bond donors (Lipinski definition) is 1. The summed E-state index contributed by atoms with van der Waals surface area (Å²) in [5.41, 5.74) is 1.25. The fourth-order valence-corrected chi connectivity index (χ4v) is 3.24. The van der Waals surface area contributed by atoms with Crippen molar-refractivity contribution in [3.05, 3.63) is 48.0 Å². The fourth-order valence-electron chi connectivity index (χ4n) is 2.23. The first-order chi connectivity index (χ1) is 10.2. The molecule has 0 saturated heterocycles. The monoisotopic (exact) mass is 307 g/mol. The van der Waals surface area contributed by atoms with Crippen molar-refractivity contribution in [1.29, 1.82) is 0 Å². The summed E-state index contributed by atoms with van der Waals surface area (Å²) >= 11 is 1.77. The fraction of sp³-hybridized carbons (Fsp3) is 0.438. The SMILES string of the molecule is CCNC(CCc1ccnn1C)CSc1ccc(F)cc1. The molecule has 0 bridgehead atoms. The van der Waals surface area contributed by atoms with Crippen LogP contribution in [0.1, 0.15) is 19.0 Å². The van der Waals surface area contributed by atoms with E-state index in [9.17, 15) is 4.39 Å². The highest BCUT2D eigenvalue weighted by Crippen LogP contribution is 2.20. The van der Waals surface area contributed by atoms with Gasteiger partial charge in [0, 0.05) is 35.6 Å². The van der Waals surface area contributed by atoms with Gasteiger partial charge in [-0.2, -0.15) is 5.10 Å². The Balaban J connectivity index is 1.83. The molecule has 1 atom stereocenters. The average Bonchev–Trinajstić information content (AvgIpc) is 2.89. The average molecular weight is 307 g/mol. The minimum atomic E-state index is -0.182. The van der Waals surface area contributed by atoms with Crippen LogP contribution in [0, 0.1) is 5.82 Å². The number of rotatable bonds is 8. The maximum Gasteiger partial charge on any atom is 0.123 e. The Kier molecular flexibility index (Phi) is 6.26. The molecule has 0 amide bonds. The third-order valence-corrected chi connectivity index (χ3v) is 4.60. The normalized spacial score (nSPS) is 12.5. The molecule has 114 valence electrons. The highest BCUT2D eigenvalue weighted by atomic mass is 32.2. The second-order valence-electron chi connectivity index (χ2n) is 5.00. The number of benzene rings is 1. The van der Waals surface area contributed by atoms with Gasteiger partial charge < -0.3 is 5.32 Å². The second-order valence-corrected chi connectivity index (χ2v) is 6.10. The number of aromatic nitrogens is 2. The molecule has 3 nitrogen and oxygen atoms in total. The number of thioether (sulfide) groups is 1. The minimum absolute atomic E-state index is 0.182. The minimum Gasteiger partial charge on any atom is -0.313 e. The summed E-state index contributed by atoms with van der Waals surface area (Å²) in [7, 11) is 1.98. The third-order valence-electron chi connectivity index (χ3n) is 3.43. The molecular weight excluding hydrogens is 285 g/mol. The molecule has 1 heterocycles. The number of nitrogens with zero attached hydrogens (tertiary/aromatic N) is 2. The Morgan fingerprint density at radius 1 is 1.29 bits per heavy atom. The quantitative estimate of drug-likeness (QED) is 0.759. The van der Waals surface area contributed by atoms with Crippen LogP contribution in [-0.4, -0.2) is 28.1 Å². The molecule has 5 heteroatoms. The molecule has 0 saturated carbocycles. The molecule has 1 aromatic heterocycles. The molecule has 0 spiro atoms. The Bertz CT molecular complexity index is 539. The lowest BCUT2D eigenvalue weighted by molar-refractivity contribution is 0.526. The van der Waals surface area contributed by atoms with Gasteiger partial charge in [0.1, 0.15) is 5.82 Å². The van der Waals surface area contributed by atoms with Crippen LogP contribution in [0.2, 0.25) is 0 Å².